The number of rotatable bonds is 6. The lowest BCUT2D eigenvalue weighted by molar-refractivity contribution is -0.132. The molecule has 0 unspecified atom stereocenters. The second-order valence-electron chi connectivity index (χ2n) is 8.26. The number of thioether (sulfide) groups is 2. The number of hydrogen-bond donors (Lipinski definition) is 5. The number of phenols is 1. The summed E-state index contributed by atoms with van der Waals surface area (Å²) < 4.78 is 8.79. The van der Waals surface area contributed by atoms with E-state index < -0.39 is 16.8 Å². The summed E-state index contributed by atoms with van der Waals surface area (Å²) in [5.41, 5.74) is 2.21. The first-order valence-electron chi connectivity index (χ1n) is 11.2. The third-order valence-electron chi connectivity index (χ3n) is 6.32. The maximum absolute atomic E-state index is 12.5. The van der Waals surface area contributed by atoms with Gasteiger partial charge in [0.1, 0.15) is 10.6 Å². The number of aromatic amines is 2. The van der Waals surface area contributed by atoms with E-state index >= 15 is 0 Å². The molecule has 0 aliphatic carbocycles. The maximum atomic E-state index is 12.5. The predicted molar refractivity (Wildman–Crippen MR) is 141 cm³/mol. The predicted octanol–water partition coefficient (Wildman–Crippen LogP) is 3.74. The van der Waals surface area contributed by atoms with Gasteiger partial charge in [-0.3, -0.25) is 0 Å². The Morgan fingerprint density at radius 1 is 1.24 bits per heavy atom. The zero-order valence-electron chi connectivity index (χ0n) is 19.8. The van der Waals surface area contributed by atoms with Gasteiger partial charge in [0.15, 0.2) is 11.5 Å². The lowest BCUT2D eigenvalue weighted by Gasteiger charge is -2.43. The number of aromatic hydroxyl groups is 1. The van der Waals surface area contributed by atoms with Crippen molar-refractivity contribution in [3.8, 4) is 11.5 Å². The van der Waals surface area contributed by atoms with Crippen molar-refractivity contribution in [2.45, 2.75) is 15.4 Å². The minimum absolute atomic E-state index is 0.0251. The molecule has 2 aromatic heterocycles. The molecule has 3 atom stereocenters. The van der Waals surface area contributed by atoms with Crippen molar-refractivity contribution in [3.63, 3.8) is 0 Å². The SMILES string of the molecule is COC(=O)/C(=N/O)c1[nH]c2ccccc2c1[C@H]1SC[C@H](O)[C@](c2ccc(O)c(OC)c2)(c2ncc[nH]2)S1. The number of para-hydroxylation sites is 1. The summed E-state index contributed by atoms with van der Waals surface area (Å²) in [4.78, 5) is 23.4. The molecule has 0 radical (unpaired) electrons. The normalized spacial score (nSPS) is 22.2. The highest BCUT2D eigenvalue weighted by molar-refractivity contribution is 8.17. The van der Waals surface area contributed by atoms with Gasteiger partial charge in [-0.1, -0.05) is 29.4 Å². The summed E-state index contributed by atoms with van der Waals surface area (Å²) in [7, 11) is 2.68. The number of ether oxygens (including phenoxy) is 2. The lowest BCUT2D eigenvalue weighted by Crippen LogP contribution is -2.43. The number of esters is 1. The van der Waals surface area contributed by atoms with Crippen LogP contribution in [0.3, 0.4) is 0 Å². The first-order valence-corrected chi connectivity index (χ1v) is 13.1. The number of aromatic nitrogens is 3. The Morgan fingerprint density at radius 3 is 2.76 bits per heavy atom. The van der Waals surface area contributed by atoms with E-state index in [0.717, 1.165) is 16.5 Å². The maximum Gasteiger partial charge on any atom is 0.362 e. The van der Waals surface area contributed by atoms with Crippen molar-refractivity contribution < 1.29 is 29.7 Å². The number of nitrogens with one attached hydrogen (secondary N) is 2. The number of benzene rings is 2. The molecule has 0 saturated carbocycles. The number of methoxy groups -OCH3 is 2. The fourth-order valence-corrected chi connectivity index (χ4v) is 8.11. The standard InChI is InChI=1S/C25H24N4O6S2/c1-34-17-11-13(7-8-16(17)30)25(24-26-9-10-27-24)18(31)12-36-23(37-25)19-14-5-3-4-6-15(14)28-20(19)21(29-33)22(32)35-2/h3-11,18,23,28,30-31,33H,12H2,1-2H3,(H,26,27)/b29-21+/t18-,23-,25+/m0/s1. The minimum Gasteiger partial charge on any atom is -0.504 e. The van der Waals surface area contributed by atoms with Crippen LogP contribution in [-0.4, -0.2) is 68.1 Å². The van der Waals surface area contributed by atoms with E-state index in [1.807, 2.05) is 24.3 Å². The first-order chi connectivity index (χ1) is 17.9. The van der Waals surface area contributed by atoms with Crippen LogP contribution in [0.15, 0.2) is 60.0 Å². The fourth-order valence-electron chi connectivity index (χ4n) is 4.59. The second kappa shape index (κ2) is 10.0. The largest absolute Gasteiger partial charge is 0.504 e. The molecule has 0 spiro atoms. The molecule has 4 aromatic rings. The van der Waals surface area contributed by atoms with Crippen molar-refractivity contribution in [2.75, 3.05) is 20.0 Å². The number of H-pyrrole nitrogens is 2. The summed E-state index contributed by atoms with van der Waals surface area (Å²) >= 11 is 2.92. The number of carbonyl (C=O) groups is 1. The Bertz CT molecular complexity index is 1470. The number of oxime groups is 1. The van der Waals surface area contributed by atoms with Gasteiger partial charge >= 0.3 is 5.97 Å². The summed E-state index contributed by atoms with van der Waals surface area (Å²) in [6.45, 7) is 0. The Morgan fingerprint density at radius 2 is 2.05 bits per heavy atom. The van der Waals surface area contributed by atoms with E-state index in [4.69, 9.17) is 9.47 Å². The van der Waals surface area contributed by atoms with Crippen molar-refractivity contribution in [1.82, 2.24) is 15.0 Å². The highest BCUT2D eigenvalue weighted by Gasteiger charge is 2.51. The number of aliphatic hydroxyl groups excluding tert-OH is 1. The van der Waals surface area contributed by atoms with E-state index in [-0.39, 0.29) is 21.8 Å². The van der Waals surface area contributed by atoms with Gasteiger partial charge in [0.25, 0.3) is 0 Å². The van der Waals surface area contributed by atoms with Crippen LogP contribution in [0, 0.1) is 0 Å². The molecule has 2 aromatic carbocycles. The van der Waals surface area contributed by atoms with Crippen LogP contribution >= 0.6 is 23.5 Å². The van der Waals surface area contributed by atoms with Gasteiger partial charge in [-0.05, 0) is 23.8 Å². The van der Waals surface area contributed by atoms with Gasteiger partial charge < -0.3 is 34.9 Å². The molecule has 0 amide bonds. The average Bonchev–Trinajstić information content (AvgIpc) is 3.59. The summed E-state index contributed by atoms with van der Waals surface area (Å²) in [6, 6.07) is 12.5. The molecule has 12 heteroatoms. The smallest absolute Gasteiger partial charge is 0.362 e. The highest BCUT2D eigenvalue weighted by Crippen LogP contribution is 2.61. The van der Waals surface area contributed by atoms with Gasteiger partial charge in [-0.2, -0.15) is 0 Å². The van der Waals surface area contributed by atoms with Gasteiger partial charge in [-0.25, -0.2) is 9.78 Å². The topological polar surface area (TPSA) is 153 Å². The molecule has 10 nitrogen and oxygen atoms in total. The van der Waals surface area contributed by atoms with Crippen LogP contribution in [-0.2, 0) is 14.3 Å². The van der Waals surface area contributed by atoms with E-state index in [2.05, 4.69) is 20.1 Å². The Balaban J connectivity index is 1.72. The number of carbonyl (C=O) groups excluding carboxylic acids is 1. The Kier molecular flexibility index (Phi) is 6.80. The van der Waals surface area contributed by atoms with Crippen LogP contribution < -0.4 is 4.74 Å². The third-order valence-corrected chi connectivity index (χ3v) is 9.59. The fraction of sp³-hybridized carbons (Fsp3) is 0.240. The van der Waals surface area contributed by atoms with E-state index in [1.54, 1.807) is 24.5 Å². The van der Waals surface area contributed by atoms with Crippen molar-refractivity contribution >= 4 is 46.1 Å². The van der Waals surface area contributed by atoms with E-state index in [1.165, 1.54) is 43.8 Å². The van der Waals surface area contributed by atoms with Crippen LogP contribution in [0.5, 0.6) is 11.5 Å². The average molecular weight is 541 g/mol. The number of imidazole rings is 1. The molecule has 1 aliphatic rings. The quantitative estimate of drug-likeness (QED) is 0.107. The highest BCUT2D eigenvalue weighted by atomic mass is 32.2. The summed E-state index contributed by atoms with van der Waals surface area (Å²) in [5, 5.41) is 35.6. The van der Waals surface area contributed by atoms with Crippen LogP contribution in [0.25, 0.3) is 10.9 Å². The van der Waals surface area contributed by atoms with Crippen LogP contribution in [0.2, 0.25) is 0 Å². The van der Waals surface area contributed by atoms with E-state index in [9.17, 15) is 20.2 Å². The number of aliphatic hydroxyl groups is 1. The molecule has 37 heavy (non-hydrogen) atoms. The zero-order valence-corrected chi connectivity index (χ0v) is 21.5. The van der Waals surface area contributed by atoms with Gasteiger partial charge in [0.2, 0.25) is 5.71 Å². The zero-order chi connectivity index (χ0) is 26.2. The van der Waals surface area contributed by atoms with E-state index in [0.29, 0.717) is 22.8 Å². The molecule has 3 heterocycles. The van der Waals surface area contributed by atoms with Gasteiger partial charge in [-0.15, -0.1) is 23.5 Å². The molecule has 1 fully saturated rings. The number of phenolic OH excluding ortho intramolecular Hbond substituents is 1. The third kappa shape index (κ3) is 4.10. The molecule has 5 rings (SSSR count). The molecule has 5 N–H and O–H groups in total. The lowest BCUT2D eigenvalue weighted by atomic mass is 9.91. The Hall–Kier alpha value is -3.61. The van der Waals surface area contributed by atoms with Crippen molar-refractivity contribution in [3.05, 3.63) is 77.5 Å². The summed E-state index contributed by atoms with van der Waals surface area (Å²) in [5.74, 6) is 0.293. The number of nitrogens with zero attached hydrogens (tertiary/aromatic N) is 2. The van der Waals surface area contributed by atoms with Crippen molar-refractivity contribution in [1.29, 1.82) is 0 Å². The van der Waals surface area contributed by atoms with Gasteiger partial charge in [0, 0.05) is 34.6 Å². The molecule has 1 aliphatic heterocycles. The summed E-state index contributed by atoms with van der Waals surface area (Å²) in [6.07, 6.45) is 2.42. The number of hydrogen-bond acceptors (Lipinski definition) is 10. The van der Waals surface area contributed by atoms with Crippen LogP contribution in [0.1, 0.15) is 27.2 Å². The molecule has 192 valence electrons. The molecule has 0 bridgehead atoms. The molecule has 1 saturated heterocycles. The second-order valence-corrected chi connectivity index (χ2v) is 11.0. The van der Waals surface area contributed by atoms with Crippen LogP contribution in [0.4, 0.5) is 0 Å². The first kappa shape index (κ1) is 25.1. The molecular weight excluding hydrogens is 516 g/mol. The van der Waals surface area contributed by atoms with Crippen molar-refractivity contribution in [2.24, 2.45) is 5.16 Å². The number of fused-ring (bicyclic) bond motifs is 1. The monoisotopic (exact) mass is 540 g/mol. The minimum atomic E-state index is -1.09. The Labute approximate surface area is 220 Å². The molecular formula is C25H24N4O6S2. The van der Waals surface area contributed by atoms with Gasteiger partial charge in [0.05, 0.1) is 30.6 Å².